The highest BCUT2D eigenvalue weighted by Crippen LogP contribution is 2.16. The van der Waals surface area contributed by atoms with Gasteiger partial charge in [-0.3, -0.25) is 4.72 Å². The Kier molecular flexibility index (Phi) is 5.94. The van der Waals surface area contributed by atoms with E-state index in [2.05, 4.69) is 4.72 Å². The van der Waals surface area contributed by atoms with Crippen molar-refractivity contribution < 1.29 is 18.3 Å². The van der Waals surface area contributed by atoms with Gasteiger partial charge in [0.25, 0.3) is 0 Å². The summed E-state index contributed by atoms with van der Waals surface area (Å²) in [4.78, 5) is 0. The van der Waals surface area contributed by atoms with Crippen LogP contribution in [0.5, 0.6) is 5.75 Å². The van der Waals surface area contributed by atoms with Crippen molar-refractivity contribution >= 4 is 15.7 Å². The zero-order chi connectivity index (χ0) is 13.4. The number of nitrogens with one attached hydrogen (secondary N) is 1. The first-order chi connectivity index (χ1) is 8.57. The average Bonchev–Trinajstić information content (AvgIpc) is 2.32. The van der Waals surface area contributed by atoms with Crippen molar-refractivity contribution in [2.24, 2.45) is 0 Å². The van der Waals surface area contributed by atoms with Crippen molar-refractivity contribution in [3.63, 3.8) is 0 Å². The zero-order valence-corrected chi connectivity index (χ0v) is 11.2. The molecule has 0 aliphatic rings. The van der Waals surface area contributed by atoms with Crippen LogP contribution in [0.15, 0.2) is 24.3 Å². The van der Waals surface area contributed by atoms with Crippen molar-refractivity contribution in [2.75, 3.05) is 23.7 Å². The van der Waals surface area contributed by atoms with Gasteiger partial charge in [0.05, 0.1) is 12.4 Å². The van der Waals surface area contributed by atoms with E-state index in [1.807, 2.05) is 6.92 Å². The van der Waals surface area contributed by atoms with Gasteiger partial charge in [-0.2, -0.15) is 0 Å². The summed E-state index contributed by atoms with van der Waals surface area (Å²) in [5, 5.41) is 8.60. The van der Waals surface area contributed by atoms with Gasteiger partial charge >= 0.3 is 0 Å². The highest BCUT2D eigenvalue weighted by Gasteiger charge is 2.09. The molecule has 0 aliphatic carbocycles. The van der Waals surface area contributed by atoms with Gasteiger partial charge in [0.15, 0.2) is 0 Å². The third kappa shape index (κ3) is 5.37. The van der Waals surface area contributed by atoms with E-state index in [1.165, 1.54) is 0 Å². The number of hydrogen-bond donors (Lipinski definition) is 2. The lowest BCUT2D eigenvalue weighted by atomic mass is 10.3. The molecule has 1 rings (SSSR count). The summed E-state index contributed by atoms with van der Waals surface area (Å²) in [6.07, 6.45) is 0.938. The van der Waals surface area contributed by atoms with Crippen LogP contribution in [0.25, 0.3) is 0 Å². The number of rotatable bonds is 8. The molecule has 0 unspecified atom stereocenters. The van der Waals surface area contributed by atoms with Gasteiger partial charge < -0.3 is 9.84 Å². The lowest BCUT2D eigenvalue weighted by molar-refractivity contribution is 0.287. The number of ether oxygens (including phenoxy) is 1. The zero-order valence-electron chi connectivity index (χ0n) is 10.4. The van der Waals surface area contributed by atoms with Crippen LogP contribution in [0.2, 0.25) is 0 Å². The summed E-state index contributed by atoms with van der Waals surface area (Å²) < 4.78 is 31.1. The molecule has 6 heteroatoms. The molecule has 0 saturated carbocycles. The maximum atomic E-state index is 11.7. The average molecular weight is 273 g/mol. The van der Waals surface area contributed by atoms with Crippen molar-refractivity contribution in [3.8, 4) is 5.75 Å². The first kappa shape index (κ1) is 14.8. The molecule has 0 heterocycles. The van der Waals surface area contributed by atoms with E-state index in [-0.39, 0.29) is 12.4 Å². The minimum absolute atomic E-state index is 0.0125. The SMILES string of the molecule is CCOc1ccc(NS(=O)(=O)CCCCO)cc1. The molecular weight excluding hydrogens is 254 g/mol. The molecule has 102 valence electrons. The van der Waals surface area contributed by atoms with Gasteiger partial charge in [-0.05, 0) is 44.0 Å². The number of aliphatic hydroxyl groups is 1. The molecule has 0 bridgehead atoms. The Hall–Kier alpha value is -1.27. The Morgan fingerprint density at radius 1 is 1.22 bits per heavy atom. The Morgan fingerprint density at radius 2 is 1.89 bits per heavy atom. The second-order valence-electron chi connectivity index (χ2n) is 3.81. The van der Waals surface area contributed by atoms with E-state index in [9.17, 15) is 8.42 Å². The van der Waals surface area contributed by atoms with Gasteiger partial charge in [0.2, 0.25) is 10.0 Å². The molecule has 0 fully saturated rings. The van der Waals surface area contributed by atoms with Crippen molar-refractivity contribution in [2.45, 2.75) is 19.8 Å². The molecule has 1 aromatic rings. The molecule has 0 atom stereocenters. The predicted molar refractivity (Wildman–Crippen MR) is 71.3 cm³/mol. The predicted octanol–water partition coefficient (Wildman–Crippen LogP) is 1.60. The van der Waals surface area contributed by atoms with E-state index in [0.29, 0.717) is 30.9 Å². The first-order valence-electron chi connectivity index (χ1n) is 5.91. The minimum atomic E-state index is -3.33. The Bertz CT molecular complexity index is 442. The van der Waals surface area contributed by atoms with Crippen LogP contribution in [-0.4, -0.2) is 32.5 Å². The van der Waals surface area contributed by atoms with Gasteiger partial charge in [-0.15, -0.1) is 0 Å². The van der Waals surface area contributed by atoms with E-state index in [0.717, 1.165) is 0 Å². The van der Waals surface area contributed by atoms with Crippen LogP contribution in [0.1, 0.15) is 19.8 Å². The molecule has 18 heavy (non-hydrogen) atoms. The van der Waals surface area contributed by atoms with Crippen molar-refractivity contribution in [3.05, 3.63) is 24.3 Å². The molecule has 0 spiro atoms. The van der Waals surface area contributed by atoms with Crippen LogP contribution in [0.4, 0.5) is 5.69 Å². The molecule has 5 nitrogen and oxygen atoms in total. The summed E-state index contributed by atoms with van der Waals surface area (Å²) in [5.74, 6) is 0.724. The standard InChI is InChI=1S/C12H19NO4S/c1-2-17-12-7-5-11(6-8-12)13-18(15,16)10-4-3-9-14/h5-8,13-14H,2-4,9-10H2,1H3. The fraction of sp³-hybridized carbons (Fsp3) is 0.500. The van der Waals surface area contributed by atoms with Crippen molar-refractivity contribution in [1.82, 2.24) is 0 Å². The van der Waals surface area contributed by atoms with E-state index in [1.54, 1.807) is 24.3 Å². The minimum Gasteiger partial charge on any atom is -0.494 e. The molecule has 2 N–H and O–H groups in total. The van der Waals surface area contributed by atoms with Gasteiger partial charge in [-0.1, -0.05) is 0 Å². The molecular formula is C12H19NO4S. The van der Waals surface area contributed by atoms with Crippen LogP contribution < -0.4 is 9.46 Å². The summed E-state index contributed by atoms with van der Waals surface area (Å²) in [7, 11) is -3.33. The number of sulfonamides is 1. The number of aliphatic hydroxyl groups excluding tert-OH is 1. The monoisotopic (exact) mass is 273 g/mol. The quantitative estimate of drug-likeness (QED) is 0.705. The summed E-state index contributed by atoms with van der Waals surface area (Å²) in [6.45, 7) is 2.47. The summed E-state index contributed by atoms with van der Waals surface area (Å²) >= 11 is 0. The summed E-state index contributed by atoms with van der Waals surface area (Å²) in [6, 6.07) is 6.76. The lowest BCUT2D eigenvalue weighted by Crippen LogP contribution is -2.16. The molecule has 0 aliphatic heterocycles. The largest absolute Gasteiger partial charge is 0.494 e. The number of hydrogen-bond acceptors (Lipinski definition) is 4. The third-order valence-corrected chi connectivity index (χ3v) is 3.63. The normalized spacial score (nSPS) is 11.2. The maximum Gasteiger partial charge on any atom is 0.232 e. The Balaban J connectivity index is 2.55. The van der Waals surface area contributed by atoms with Crippen LogP contribution >= 0.6 is 0 Å². The second kappa shape index (κ2) is 7.23. The number of anilines is 1. The van der Waals surface area contributed by atoms with Crippen molar-refractivity contribution in [1.29, 1.82) is 0 Å². The van der Waals surface area contributed by atoms with Gasteiger partial charge in [-0.25, -0.2) is 8.42 Å². The number of benzene rings is 1. The van der Waals surface area contributed by atoms with E-state index >= 15 is 0 Å². The summed E-state index contributed by atoms with van der Waals surface area (Å²) in [5.41, 5.74) is 0.516. The third-order valence-electron chi connectivity index (χ3n) is 2.26. The molecule has 0 radical (unpaired) electrons. The highest BCUT2D eigenvalue weighted by molar-refractivity contribution is 7.92. The van der Waals surface area contributed by atoms with Gasteiger partial charge in [0, 0.05) is 12.3 Å². The van der Waals surface area contributed by atoms with Gasteiger partial charge in [0.1, 0.15) is 5.75 Å². The Morgan fingerprint density at radius 3 is 2.44 bits per heavy atom. The van der Waals surface area contributed by atoms with E-state index in [4.69, 9.17) is 9.84 Å². The highest BCUT2D eigenvalue weighted by atomic mass is 32.2. The van der Waals surface area contributed by atoms with Crippen LogP contribution in [0, 0.1) is 0 Å². The second-order valence-corrected chi connectivity index (χ2v) is 5.65. The molecule has 0 amide bonds. The first-order valence-corrected chi connectivity index (χ1v) is 7.57. The fourth-order valence-corrected chi connectivity index (χ4v) is 2.60. The van der Waals surface area contributed by atoms with Crippen LogP contribution in [0.3, 0.4) is 0 Å². The number of unbranched alkanes of at least 4 members (excludes halogenated alkanes) is 1. The molecule has 0 saturated heterocycles. The smallest absolute Gasteiger partial charge is 0.232 e. The van der Waals surface area contributed by atoms with E-state index < -0.39 is 10.0 Å². The maximum absolute atomic E-state index is 11.7. The fourth-order valence-electron chi connectivity index (χ4n) is 1.42. The topological polar surface area (TPSA) is 75.6 Å². The molecule has 1 aromatic carbocycles. The van der Waals surface area contributed by atoms with Crippen LogP contribution in [-0.2, 0) is 10.0 Å². The lowest BCUT2D eigenvalue weighted by Gasteiger charge is -2.08. The molecule has 0 aromatic heterocycles. The Labute approximate surface area is 108 Å².